The Hall–Kier alpha value is -3.03. The Labute approximate surface area is 157 Å². The smallest absolute Gasteiger partial charge is 0.331 e. The van der Waals surface area contributed by atoms with Crippen LogP contribution in [0.5, 0.6) is 11.5 Å². The van der Waals surface area contributed by atoms with Crippen LogP contribution in [0.4, 0.5) is 0 Å². The van der Waals surface area contributed by atoms with Gasteiger partial charge in [-0.05, 0) is 37.5 Å². The topological polar surface area (TPSA) is 108 Å². The lowest BCUT2D eigenvalue weighted by atomic mass is 10.0. The third-order valence-corrected chi connectivity index (χ3v) is 4.33. The zero-order valence-electron chi connectivity index (χ0n) is 15.5. The van der Waals surface area contributed by atoms with Gasteiger partial charge in [0.15, 0.2) is 6.61 Å². The second kappa shape index (κ2) is 9.61. The van der Waals surface area contributed by atoms with E-state index < -0.39 is 30.4 Å². The number of amides is 2. The first kappa shape index (κ1) is 20.3. The maximum Gasteiger partial charge on any atom is 0.331 e. The molecule has 8 heteroatoms. The molecule has 2 amide bonds. The molecule has 0 radical (unpaired) electrons. The van der Waals surface area contributed by atoms with Crippen molar-refractivity contribution in [3.63, 3.8) is 0 Å². The number of carbonyl (C=O) groups excluding carboxylic acids is 3. The number of primary amides is 1. The van der Waals surface area contributed by atoms with E-state index in [9.17, 15) is 14.4 Å². The quantitative estimate of drug-likeness (QED) is 0.564. The van der Waals surface area contributed by atoms with Crippen molar-refractivity contribution in [2.24, 2.45) is 5.73 Å². The fourth-order valence-electron chi connectivity index (χ4n) is 2.90. The molecule has 1 aliphatic heterocycles. The predicted octanol–water partition coefficient (Wildman–Crippen LogP) is 1.13. The standard InChI is InChI=1S/C19H24N2O6/c1-25-14-8-6-13(16(11-14)26-2)7-9-18(23)27-12-17(22)21-10-4-3-5-15(21)19(20)24/h6-9,11,15H,3-5,10,12H2,1-2H3,(H2,20,24)/b9-7+/t15-/m0/s1. The molecule has 8 nitrogen and oxygen atoms in total. The number of rotatable bonds is 7. The van der Waals surface area contributed by atoms with Gasteiger partial charge in [0.2, 0.25) is 5.91 Å². The fourth-order valence-corrected chi connectivity index (χ4v) is 2.90. The molecule has 27 heavy (non-hydrogen) atoms. The summed E-state index contributed by atoms with van der Waals surface area (Å²) in [5.74, 6) is -0.480. The van der Waals surface area contributed by atoms with Crippen molar-refractivity contribution < 1.29 is 28.6 Å². The zero-order valence-corrected chi connectivity index (χ0v) is 15.5. The van der Waals surface area contributed by atoms with E-state index in [4.69, 9.17) is 19.9 Å². The number of piperidine rings is 1. The lowest BCUT2D eigenvalue weighted by Crippen LogP contribution is -2.51. The number of benzene rings is 1. The van der Waals surface area contributed by atoms with Gasteiger partial charge in [-0.2, -0.15) is 0 Å². The van der Waals surface area contributed by atoms with Crippen LogP contribution >= 0.6 is 0 Å². The molecule has 0 spiro atoms. The van der Waals surface area contributed by atoms with E-state index in [1.165, 1.54) is 24.2 Å². The summed E-state index contributed by atoms with van der Waals surface area (Å²) >= 11 is 0. The highest BCUT2D eigenvalue weighted by atomic mass is 16.5. The van der Waals surface area contributed by atoms with E-state index in [1.807, 2.05) is 0 Å². The van der Waals surface area contributed by atoms with Gasteiger partial charge in [0.05, 0.1) is 14.2 Å². The van der Waals surface area contributed by atoms with E-state index in [-0.39, 0.29) is 0 Å². The normalized spacial score (nSPS) is 16.8. The number of methoxy groups -OCH3 is 2. The average Bonchev–Trinajstić information content (AvgIpc) is 2.70. The molecule has 0 aromatic heterocycles. The van der Waals surface area contributed by atoms with Crippen molar-refractivity contribution in [1.29, 1.82) is 0 Å². The van der Waals surface area contributed by atoms with Gasteiger partial charge in [-0.25, -0.2) is 4.79 Å². The third-order valence-electron chi connectivity index (χ3n) is 4.33. The Kier molecular flexibility index (Phi) is 7.22. The van der Waals surface area contributed by atoms with Crippen molar-refractivity contribution in [2.75, 3.05) is 27.4 Å². The van der Waals surface area contributed by atoms with Crippen LogP contribution in [0.2, 0.25) is 0 Å². The zero-order chi connectivity index (χ0) is 19.8. The third kappa shape index (κ3) is 5.47. The summed E-state index contributed by atoms with van der Waals surface area (Å²) in [5.41, 5.74) is 6.00. The predicted molar refractivity (Wildman–Crippen MR) is 98.1 cm³/mol. The molecule has 2 rings (SSSR count). The minimum Gasteiger partial charge on any atom is -0.497 e. The van der Waals surface area contributed by atoms with E-state index in [1.54, 1.807) is 25.3 Å². The fraction of sp³-hybridized carbons (Fsp3) is 0.421. The molecule has 1 atom stereocenters. The largest absolute Gasteiger partial charge is 0.497 e. The molecular formula is C19H24N2O6. The molecule has 1 aromatic rings. The van der Waals surface area contributed by atoms with Crippen molar-refractivity contribution >= 4 is 23.9 Å². The number of hydrogen-bond acceptors (Lipinski definition) is 6. The average molecular weight is 376 g/mol. The highest BCUT2D eigenvalue weighted by molar-refractivity contribution is 5.91. The molecule has 1 heterocycles. The number of likely N-dealkylation sites (tertiary alicyclic amines) is 1. The maximum atomic E-state index is 12.2. The van der Waals surface area contributed by atoms with Gasteiger partial charge in [-0.15, -0.1) is 0 Å². The van der Waals surface area contributed by atoms with E-state index in [2.05, 4.69) is 0 Å². The van der Waals surface area contributed by atoms with Crippen LogP contribution in [0.1, 0.15) is 24.8 Å². The van der Waals surface area contributed by atoms with Gasteiger partial charge in [0, 0.05) is 24.3 Å². The Bertz CT molecular complexity index is 731. The number of nitrogens with two attached hydrogens (primary N) is 1. The Morgan fingerprint density at radius 2 is 2.00 bits per heavy atom. The van der Waals surface area contributed by atoms with Gasteiger partial charge in [0.25, 0.3) is 5.91 Å². The lowest BCUT2D eigenvalue weighted by Gasteiger charge is -2.33. The van der Waals surface area contributed by atoms with Crippen LogP contribution in [-0.2, 0) is 19.1 Å². The van der Waals surface area contributed by atoms with E-state index >= 15 is 0 Å². The van der Waals surface area contributed by atoms with Gasteiger partial charge in [-0.1, -0.05) is 0 Å². The summed E-state index contributed by atoms with van der Waals surface area (Å²) in [5, 5.41) is 0. The van der Waals surface area contributed by atoms with Crippen LogP contribution in [-0.4, -0.2) is 56.1 Å². The molecular weight excluding hydrogens is 352 g/mol. The monoisotopic (exact) mass is 376 g/mol. The summed E-state index contributed by atoms with van der Waals surface area (Å²) in [6.07, 6.45) is 4.90. The lowest BCUT2D eigenvalue weighted by molar-refractivity contribution is -0.151. The minimum atomic E-state index is -0.672. The second-order valence-electron chi connectivity index (χ2n) is 6.05. The Morgan fingerprint density at radius 3 is 2.67 bits per heavy atom. The van der Waals surface area contributed by atoms with Crippen LogP contribution in [0, 0.1) is 0 Å². The van der Waals surface area contributed by atoms with Crippen molar-refractivity contribution in [3.05, 3.63) is 29.8 Å². The maximum absolute atomic E-state index is 12.2. The SMILES string of the molecule is COc1ccc(/C=C/C(=O)OCC(=O)N2CCCC[C@H]2C(N)=O)c(OC)c1. The molecule has 1 aromatic carbocycles. The first-order valence-corrected chi connectivity index (χ1v) is 8.62. The van der Waals surface area contributed by atoms with Crippen molar-refractivity contribution in [2.45, 2.75) is 25.3 Å². The summed E-state index contributed by atoms with van der Waals surface area (Å²) in [4.78, 5) is 37.0. The highest BCUT2D eigenvalue weighted by Gasteiger charge is 2.30. The molecule has 2 N–H and O–H groups in total. The van der Waals surface area contributed by atoms with Crippen LogP contribution in [0.15, 0.2) is 24.3 Å². The second-order valence-corrected chi connectivity index (χ2v) is 6.05. The number of nitrogens with zero attached hydrogens (tertiary/aromatic N) is 1. The minimum absolute atomic E-state index is 0.428. The number of esters is 1. The molecule has 0 unspecified atom stereocenters. The molecule has 0 saturated carbocycles. The van der Waals surface area contributed by atoms with Crippen molar-refractivity contribution in [1.82, 2.24) is 4.90 Å². The first-order chi connectivity index (χ1) is 13.0. The highest BCUT2D eigenvalue weighted by Crippen LogP contribution is 2.25. The number of hydrogen-bond donors (Lipinski definition) is 1. The van der Waals surface area contributed by atoms with Crippen LogP contribution in [0.3, 0.4) is 0 Å². The summed E-state index contributed by atoms with van der Waals surface area (Å²) < 4.78 is 15.3. The Balaban J connectivity index is 1.93. The Morgan fingerprint density at radius 1 is 1.22 bits per heavy atom. The molecule has 0 bridgehead atoms. The summed E-state index contributed by atoms with van der Waals surface area (Å²) in [6.45, 7) is -0.00439. The molecule has 1 saturated heterocycles. The summed E-state index contributed by atoms with van der Waals surface area (Å²) in [6, 6.07) is 4.52. The molecule has 0 aliphatic carbocycles. The van der Waals surface area contributed by atoms with Crippen LogP contribution < -0.4 is 15.2 Å². The number of ether oxygens (including phenoxy) is 3. The van der Waals surface area contributed by atoms with Crippen molar-refractivity contribution in [3.8, 4) is 11.5 Å². The van der Waals surface area contributed by atoms with Gasteiger partial charge < -0.3 is 24.8 Å². The number of carbonyl (C=O) groups is 3. The molecule has 1 aliphatic rings. The van der Waals surface area contributed by atoms with Gasteiger partial charge >= 0.3 is 5.97 Å². The molecule has 1 fully saturated rings. The van der Waals surface area contributed by atoms with Crippen LogP contribution in [0.25, 0.3) is 6.08 Å². The van der Waals surface area contributed by atoms with Gasteiger partial charge in [-0.3, -0.25) is 9.59 Å². The molecule has 146 valence electrons. The summed E-state index contributed by atoms with van der Waals surface area (Å²) in [7, 11) is 3.06. The van der Waals surface area contributed by atoms with E-state index in [0.717, 1.165) is 12.8 Å². The first-order valence-electron chi connectivity index (χ1n) is 8.62. The van der Waals surface area contributed by atoms with E-state index in [0.29, 0.717) is 30.0 Å². The van der Waals surface area contributed by atoms with Gasteiger partial charge in [0.1, 0.15) is 17.5 Å².